The predicted octanol–water partition coefficient (Wildman–Crippen LogP) is 0.564. The van der Waals surface area contributed by atoms with Gasteiger partial charge in [-0.15, -0.1) is 0 Å². The van der Waals surface area contributed by atoms with Crippen LogP contribution in [-0.4, -0.2) is 51.8 Å². The Balaban J connectivity index is 1.91. The highest BCUT2D eigenvalue weighted by Crippen LogP contribution is 2.40. The van der Waals surface area contributed by atoms with Gasteiger partial charge in [0.05, 0.1) is 13.2 Å². The van der Waals surface area contributed by atoms with Crippen LogP contribution in [0.2, 0.25) is 0 Å². The Morgan fingerprint density at radius 1 is 1.36 bits per heavy atom. The molecule has 0 aromatic rings. The van der Waals surface area contributed by atoms with Crippen LogP contribution >= 0.6 is 0 Å². The first-order valence-corrected chi connectivity index (χ1v) is 5.68. The maximum absolute atomic E-state index is 5.42. The summed E-state index contributed by atoms with van der Waals surface area (Å²) in [5, 5.41) is 3.33. The topological polar surface area (TPSA) is 24.5 Å². The van der Waals surface area contributed by atoms with Crippen LogP contribution < -0.4 is 5.32 Å². The van der Waals surface area contributed by atoms with Crippen molar-refractivity contribution in [1.29, 1.82) is 0 Å². The third kappa shape index (κ3) is 1.81. The van der Waals surface area contributed by atoms with Gasteiger partial charge in [-0.3, -0.25) is 0 Å². The second-order valence-electron chi connectivity index (χ2n) is 4.96. The quantitative estimate of drug-likeness (QED) is 0.717. The zero-order valence-electron chi connectivity index (χ0n) is 9.38. The molecule has 14 heavy (non-hydrogen) atoms. The molecule has 2 saturated heterocycles. The first-order chi connectivity index (χ1) is 6.77. The van der Waals surface area contributed by atoms with Crippen molar-refractivity contribution in [2.75, 3.05) is 46.9 Å². The lowest BCUT2D eigenvalue weighted by molar-refractivity contribution is -0.151. The van der Waals surface area contributed by atoms with Crippen molar-refractivity contribution in [1.82, 2.24) is 10.2 Å². The lowest BCUT2D eigenvalue weighted by Crippen LogP contribution is -2.56. The monoisotopic (exact) mass is 198 g/mol. The minimum absolute atomic E-state index is 0.468. The summed E-state index contributed by atoms with van der Waals surface area (Å²) in [7, 11) is 4.27. The summed E-state index contributed by atoms with van der Waals surface area (Å²) in [6.07, 6.45) is 2.70. The smallest absolute Gasteiger partial charge is 0.0559 e. The van der Waals surface area contributed by atoms with Crippen LogP contribution in [-0.2, 0) is 4.74 Å². The predicted molar refractivity (Wildman–Crippen MR) is 57.4 cm³/mol. The van der Waals surface area contributed by atoms with Crippen LogP contribution in [0, 0.1) is 11.3 Å². The third-order valence-electron chi connectivity index (χ3n) is 3.89. The number of ether oxygens (including phenoxy) is 1. The molecule has 0 spiro atoms. The molecule has 2 heterocycles. The van der Waals surface area contributed by atoms with Crippen LogP contribution in [0.15, 0.2) is 0 Å². The van der Waals surface area contributed by atoms with Crippen LogP contribution in [0.5, 0.6) is 0 Å². The Hall–Kier alpha value is -0.120. The fourth-order valence-electron chi connectivity index (χ4n) is 2.82. The van der Waals surface area contributed by atoms with Gasteiger partial charge >= 0.3 is 0 Å². The lowest BCUT2D eigenvalue weighted by atomic mass is 9.69. The summed E-state index contributed by atoms with van der Waals surface area (Å²) in [6, 6.07) is 0. The number of rotatable bonds is 3. The lowest BCUT2D eigenvalue weighted by Gasteiger charge is -2.49. The summed E-state index contributed by atoms with van der Waals surface area (Å²) in [6.45, 7) is 5.60. The molecule has 0 unspecified atom stereocenters. The molecular formula is C11H22N2O. The fraction of sp³-hybridized carbons (Fsp3) is 1.00. The zero-order valence-corrected chi connectivity index (χ0v) is 9.38. The molecule has 2 rings (SSSR count). The SMILES string of the molecule is CNCC1(C2CCN(C)CC2)COC1. The zero-order chi connectivity index (χ0) is 10.0. The summed E-state index contributed by atoms with van der Waals surface area (Å²) in [5.41, 5.74) is 0.468. The van der Waals surface area contributed by atoms with E-state index in [1.165, 1.54) is 25.9 Å². The average molecular weight is 198 g/mol. The Morgan fingerprint density at radius 2 is 2.00 bits per heavy atom. The average Bonchev–Trinajstić information content (AvgIpc) is 2.13. The van der Waals surface area contributed by atoms with E-state index in [0.29, 0.717) is 5.41 Å². The number of likely N-dealkylation sites (tertiary alicyclic amines) is 1. The van der Waals surface area contributed by atoms with Crippen LogP contribution in [0.3, 0.4) is 0 Å². The van der Waals surface area contributed by atoms with Crippen molar-refractivity contribution in [3.8, 4) is 0 Å². The molecule has 3 nitrogen and oxygen atoms in total. The van der Waals surface area contributed by atoms with Gasteiger partial charge in [-0.1, -0.05) is 0 Å². The number of hydrogen-bond donors (Lipinski definition) is 1. The van der Waals surface area contributed by atoms with Gasteiger partial charge in [-0.05, 0) is 45.9 Å². The van der Waals surface area contributed by atoms with Gasteiger partial charge in [0.1, 0.15) is 0 Å². The van der Waals surface area contributed by atoms with E-state index in [1.807, 2.05) is 0 Å². The standard InChI is InChI=1S/C11H22N2O/c1-12-7-11(8-14-9-11)10-3-5-13(2)6-4-10/h10,12H,3-9H2,1-2H3. The molecule has 0 atom stereocenters. The van der Waals surface area contributed by atoms with E-state index in [9.17, 15) is 0 Å². The van der Waals surface area contributed by atoms with E-state index in [2.05, 4.69) is 24.3 Å². The van der Waals surface area contributed by atoms with Crippen molar-refractivity contribution >= 4 is 0 Å². The van der Waals surface area contributed by atoms with Gasteiger partial charge in [-0.2, -0.15) is 0 Å². The summed E-state index contributed by atoms with van der Waals surface area (Å²) in [5.74, 6) is 0.875. The third-order valence-corrected chi connectivity index (χ3v) is 3.89. The number of piperidine rings is 1. The van der Waals surface area contributed by atoms with Gasteiger partial charge in [0, 0.05) is 12.0 Å². The molecule has 0 bridgehead atoms. The van der Waals surface area contributed by atoms with Crippen molar-refractivity contribution in [3.63, 3.8) is 0 Å². The van der Waals surface area contributed by atoms with E-state index >= 15 is 0 Å². The van der Waals surface area contributed by atoms with Gasteiger partial charge in [0.15, 0.2) is 0 Å². The second-order valence-corrected chi connectivity index (χ2v) is 4.96. The first-order valence-electron chi connectivity index (χ1n) is 5.68. The van der Waals surface area contributed by atoms with E-state index in [4.69, 9.17) is 4.74 Å². The van der Waals surface area contributed by atoms with E-state index < -0.39 is 0 Å². The largest absolute Gasteiger partial charge is 0.380 e. The van der Waals surface area contributed by atoms with Crippen LogP contribution in [0.1, 0.15) is 12.8 Å². The normalized spacial score (nSPS) is 28.7. The van der Waals surface area contributed by atoms with E-state index in [0.717, 1.165) is 25.7 Å². The molecular weight excluding hydrogens is 176 g/mol. The minimum Gasteiger partial charge on any atom is -0.380 e. The molecule has 2 aliphatic heterocycles. The van der Waals surface area contributed by atoms with Gasteiger partial charge in [0.25, 0.3) is 0 Å². The molecule has 3 heteroatoms. The molecule has 0 radical (unpaired) electrons. The molecule has 82 valence electrons. The highest BCUT2D eigenvalue weighted by atomic mass is 16.5. The van der Waals surface area contributed by atoms with Gasteiger partial charge in [0.2, 0.25) is 0 Å². The molecule has 1 N–H and O–H groups in total. The first kappa shape index (κ1) is 10.4. The van der Waals surface area contributed by atoms with Crippen molar-refractivity contribution in [2.24, 2.45) is 11.3 Å². The number of nitrogens with one attached hydrogen (secondary N) is 1. The Labute approximate surface area is 86.8 Å². The Bertz CT molecular complexity index is 184. The maximum Gasteiger partial charge on any atom is 0.0559 e. The molecule has 0 aliphatic carbocycles. The molecule has 0 saturated carbocycles. The van der Waals surface area contributed by atoms with Crippen LogP contribution in [0.4, 0.5) is 0 Å². The van der Waals surface area contributed by atoms with Gasteiger partial charge in [-0.25, -0.2) is 0 Å². The van der Waals surface area contributed by atoms with Crippen molar-refractivity contribution in [3.05, 3.63) is 0 Å². The number of nitrogens with zero attached hydrogens (tertiary/aromatic N) is 1. The fourth-order valence-corrected chi connectivity index (χ4v) is 2.82. The Kier molecular flexibility index (Phi) is 3.10. The molecule has 0 aromatic heterocycles. The van der Waals surface area contributed by atoms with Gasteiger partial charge < -0.3 is 15.0 Å². The number of hydrogen-bond acceptors (Lipinski definition) is 3. The summed E-state index contributed by atoms with van der Waals surface area (Å²) < 4.78 is 5.42. The van der Waals surface area contributed by atoms with Crippen molar-refractivity contribution in [2.45, 2.75) is 12.8 Å². The van der Waals surface area contributed by atoms with E-state index in [1.54, 1.807) is 0 Å². The second kappa shape index (κ2) is 4.17. The summed E-state index contributed by atoms with van der Waals surface area (Å²) in [4.78, 5) is 2.43. The minimum atomic E-state index is 0.468. The highest BCUT2D eigenvalue weighted by molar-refractivity contribution is 4.95. The maximum atomic E-state index is 5.42. The van der Waals surface area contributed by atoms with E-state index in [-0.39, 0.29) is 0 Å². The molecule has 0 amide bonds. The molecule has 0 aromatic carbocycles. The van der Waals surface area contributed by atoms with Crippen LogP contribution in [0.25, 0.3) is 0 Å². The molecule has 2 aliphatic rings. The Morgan fingerprint density at radius 3 is 2.43 bits per heavy atom. The summed E-state index contributed by atoms with van der Waals surface area (Å²) >= 11 is 0. The highest BCUT2D eigenvalue weighted by Gasteiger charge is 2.45. The van der Waals surface area contributed by atoms with Crippen molar-refractivity contribution < 1.29 is 4.74 Å². The molecule has 2 fully saturated rings.